The zero-order valence-corrected chi connectivity index (χ0v) is 16.0. The Morgan fingerprint density at radius 1 is 1.21 bits per heavy atom. The van der Waals surface area contributed by atoms with E-state index in [4.69, 9.17) is 0 Å². The number of nitrogens with one attached hydrogen (secondary N) is 1. The molecule has 0 spiro atoms. The van der Waals surface area contributed by atoms with Crippen LogP contribution in [-0.4, -0.2) is 37.0 Å². The van der Waals surface area contributed by atoms with E-state index in [0.717, 1.165) is 18.1 Å². The van der Waals surface area contributed by atoms with Crippen molar-refractivity contribution in [3.8, 4) is 11.1 Å². The Bertz CT molecular complexity index is 979. The van der Waals surface area contributed by atoms with Crippen LogP contribution in [0, 0.1) is 20.8 Å². The molecular weight excluding hydrogens is 366 g/mol. The molecule has 3 rings (SSSR count). The molecule has 0 bridgehead atoms. The number of aromatic nitrogens is 5. The zero-order valence-electron chi connectivity index (χ0n) is 16.0. The maximum absolute atomic E-state index is 12.8. The molecule has 0 aliphatic rings. The van der Waals surface area contributed by atoms with E-state index >= 15 is 0 Å². The van der Waals surface area contributed by atoms with Gasteiger partial charge in [0.25, 0.3) is 5.91 Å². The van der Waals surface area contributed by atoms with Gasteiger partial charge in [0.05, 0.1) is 5.69 Å². The average Bonchev–Trinajstić information content (AvgIpc) is 3.20. The second-order valence-corrected chi connectivity index (χ2v) is 6.51. The van der Waals surface area contributed by atoms with Crippen LogP contribution in [0.4, 0.5) is 8.78 Å². The van der Waals surface area contributed by atoms with Crippen molar-refractivity contribution in [1.82, 2.24) is 29.9 Å². The molecule has 2 aromatic heterocycles. The summed E-state index contributed by atoms with van der Waals surface area (Å²) in [7, 11) is 0. The van der Waals surface area contributed by atoms with Crippen molar-refractivity contribution < 1.29 is 13.6 Å². The van der Waals surface area contributed by atoms with Crippen LogP contribution in [0.1, 0.15) is 40.7 Å². The molecule has 1 N–H and O–H groups in total. The summed E-state index contributed by atoms with van der Waals surface area (Å²) < 4.78 is 28.1. The number of rotatable bonds is 7. The van der Waals surface area contributed by atoms with Gasteiger partial charge in [-0.25, -0.2) is 9.67 Å². The van der Waals surface area contributed by atoms with Crippen molar-refractivity contribution in [3.63, 3.8) is 0 Å². The second-order valence-electron chi connectivity index (χ2n) is 6.51. The summed E-state index contributed by atoms with van der Waals surface area (Å²) in [6, 6.07) is 6.87. The van der Waals surface area contributed by atoms with Crippen molar-refractivity contribution >= 4 is 5.91 Å². The third-order valence-electron chi connectivity index (χ3n) is 4.35. The number of carbonyl (C=O) groups excluding carboxylic acids is 1. The number of halogens is 2. The van der Waals surface area contributed by atoms with Gasteiger partial charge in [-0.05, 0) is 44.9 Å². The average molecular weight is 388 g/mol. The van der Waals surface area contributed by atoms with E-state index < -0.39 is 6.55 Å². The Morgan fingerprint density at radius 3 is 2.64 bits per heavy atom. The number of benzene rings is 1. The number of hydrogen-bond acceptors (Lipinski definition) is 4. The van der Waals surface area contributed by atoms with Gasteiger partial charge in [-0.3, -0.25) is 9.48 Å². The Hall–Kier alpha value is -3.10. The predicted molar refractivity (Wildman–Crippen MR) is 100 cm³/mol. The number of alkyl halides is 2. The van der Waals surface area contributed by atoms with Crippen LogP contribution in [0.5, 0.6) is 0 Å². The highest BCUT2D eigenvalue weighted by Gasteiger charge is 2.14. The minimum absolute atomic E-state index is 0.216. The van der Waals surface area contributed by atoms with Crippen LogP contribution in [0.15, 0.2) is 30.5 Å². The number of amides is 1. The van der Waals surface area contributed by atoms with Gasteiger partial charge in [-0.1, -0.05) is 12.1 Å². The van der Waals surface area contributed by atoms with Crippen molar-refractivity contribution in [1.29, 1.82) is 0 Å². The molecule has 2 heterocycles. The lowest BCUT2D eigenvalue weighted by molar-refractivity contribution is 0.0563. The molecular formula is C19H22F2N6O. The number of nitrogens with zero attached hydrogens (tertiary/aromatic N) is 5. The Kier molecular flexibility index (Phi) is 5.81. The standard InChI is InChI=1S/C19H22F2N6O/c1-12-17(11-27(24-12)19(20)21)15-6-4-7-16(10-15)18(28)22-8-5-9-26-14(3)23-13(2)25-26/h4,6-7,10-11,19H,5,8-9H2,1-3H3,(H,22,28). The lowest BCUT2D eigenvalue weighted by atomic mass is 10.0. The molecule has 9 heteroatoms. The summed E-state index contributed by atoms with van der Waals surface area (Å²) in [5.74, 6) is 1.35. The maximum atomic E-state index is 12.8. The van der Waals surface area contributed by atoms with Crippen LogP contribution in [-0.2, 0) is 6.54 Å². The number of carbonyl (C=O) groups is 1. The third kappa shape index (κ3) is 4.41. The summed E-state index contributed by atoms with van der Waals surface area (Å²) in [4.78, 5) is 16.7. The third-order valence-corrected chi connectivity index (χ3v) is 4.35. The van der Waals surface area contributed by atoms with Crippen LogP contribution in [0.3, 0.4) is 0 Å². The smallest absolute Gasteiger partial charge is 0.333 e. The van der Waals surface area contributed by atoms with Crippen LogP contribution in [0.25, 0.3) is 11.1 Å². The van der Waals surface area contributed by atoms with E-state index in [-0.39, 0.29) is 5.91 Å². The van der Waals surface area contributed by atoms with Gasteiger partial charge in [0, 0.05) is 30.4 Å². The van der Waals surface area contributed by atoms with E-state index in [9.17, 15) is 13.6 Å². The van der Waals surface area contributed by atoms with Gasteiger partial charge in [-0.2, -0.15) is 19.0 Å². The molecule has 0 radical (unpaired) electrons. The summed E-state index contributed by atoms with van der Waals surface area (Å²) in [5.41, 5.74) is 2.20. The number of hydrogen-bond donors (Lipinski definition) is 1. The molecule has 28 heavy (non-hydrogen) atoms. The first-order chi connectivity index (χ1) is 13.3. The quantitative estimate of drug-likeness (QED) is 0.630. The zero-order chi connectivity index (χ0) is 20.3. The highest BCUT2D eigenvalue weighted by molar-refractivity contribution is 5.95. The molecule has 0 aliphatic heterocycles. The number of aryl methyl sites for hydroxylation is 4. The molecule has 0 fully saturated rings. The largest absolute Gasteiger partial charge is 0.352 e. The molecule has 1 aromatic carbocycles. The predicted octanol–water partition coefficient (Wildman–Crippen LogP) is 3.28. The second kappa shape index (κ2) is 8.28. The van der Waals surface area contributed by atoms with Gasteiger partial charge in [-0.15, -0.1) is 0 Å². The Labute approximate surface area is 161 Å². The first-order valence-electron chi connectivity index (χ1n) is 8.95. The molecule has 0 aliphatic carbocycles. The van der Waals surface area contributed by atoms with Crippen molar-refractivity contribution in [2.24, 2.45) is 0 Å². The van der Waals surface area contributed by atoms with Crippen LogP contribution < -0.4 is 5.32 Å². The van der Waals surface area contributed by atoms with E-state index in [1.807, 2.05) is 18.5 Å². The topological polar surface area (TPSA) is 77.6 Å². The summed E-state index contributed by atoms with van der Waals surface area (Å²) in [5, 5.41) is 11.0. The highest BCUT2D eigenvalue weighted by atomic mass is 19.3. The fourth-order valence-corrected chi connectivity index (χ4v) is 3.00. The Balaban J connectivity index is 1.61. The minimum atomic E-state index is -2.70. The van der Waals surface area contributed by atoms with Gasteiger partial charge in [0.1, 0.15) is 11.6 Å². The molecule has 7 nitrogen and oxygen atoms in total. The van der Waals surface area contributed by atoms with Crippen molar-refractivity contribution in [2.45, 2.75) is 40.3 Å². The van der Waals surface area contributed by atoms with E-state index in [2.05, 4.69) is 20.5 Å². The summed E-state index contributed by atoms with van der Waals surface area (Å²) >= 11 is 0. The first kappa shape index (κ1) is 19.7. The van der Waals surface area contributed by atoms with Crippen LogP contribution >= 0.6 is 0 Å². The fraction of sp³-hybridized carbons (Fsp3) is 0.368. The molecule has 0 atom stereocenters. The first-order valence-corrected chi connectivity index (χ1v) is 8.95. The monoisotopic (exact) mass is 388 g/mol. The van der Waals surface area contributed by atoms with E-state index in [1.54, 1.807) is 31.2 Å². The molecule has 0 unspecified atom stereocenters. The van der Waals surface area contributed by atoms with Crippen molar-refractivity contribution in [3.05, 3.63) is 53.4 Å². The van der Waals surface area contributed by atoms with Gasteiger partial charge in [0.15, 0.2) is 0 Å². The summed E-state index contributed by atoms with van der Waals surface area (Å²) in [6.45, 7) is 3.85. The molecule has 0 saturated carbocycles. The van der Waals surface area contributed by atoms with Gasteiger partial charge < -0.3 is 5.32 Å². The summed E-state index contributed by atoms with van der Waals surface area (Å²) in [6.07, 6.45) is 2.01. The molecule has 1 amide bonds. The lowest BCUT2D eigenvalue weighted by Gasteiger charge is -2.07. The molecule has 3 aromatic rings. The van der Waals surface area contributed by atoms with Crippen LogP contribution in [0.2, 0.25) is 0 Å². The Morgan fingerprint density at radius 2 is 2.00 bits per heavy atom. The fourth-order valence-electron chi connectivity index (χ4n) is 3.00. The molecule has 148 valence electrons. The molecule has 0 saturated heterocycles. The van der Waals surface area contributed by atoms with E-state index in [0.29, 0.717) is 40.2 Å². The highest BCUT2D eigenvalue weighted by Crippen LogP contribution is 2.25. The SMILES string of the molecule is Cc1nc(C)n(CCCNC(=O)c2cccc(-c3cn(C(F)F)nc3C)c2)n1. The normalized spacial score (nSPS) is 11.2. The van der Waals surface area contributed by atoms with E-state index in [1.165, 1.54) is 6.20 Å². The minimum Gasteiger partial charge on any atom is -0.352 e. The van der Waals surface area contributed by atoms with Gasteiger partial charge >= 0.3 is 6.55 Å². The van der Waals surface area contributed by atoms with Crippen molar-refractivity contribution in [2.75, 3.05) is 6.54 Å². The van der Waals surface area contributed by atoms with Gasteiger partial charge in [0.2, 0.25) is 0 Å². The maximum Gasteiger partial charge on any atom is 0.333 e. The lowest BCUT2D eigenvalue weighted by Crippen LogP contribution is -2.25.